The molecule has 0 aromatic heterocycles. The van der Waals surface area contributed by atoms with Gasteiger partial charge in [-0.3, -0.25) is 14.9 Å². The highest BCUT2D eigenvalue weighted by Crippen LogP contribution is 2.41. The van der Waals surface area contributed by atoms with Crippen LogP contribution in [0, 0.1) is 22.0 Å². The fourth-order valence-electron chi connectivity index (χ4n) is 4.66. The topological polar surface area (TPSA) is 117 Å². The highest BCUT2D eigenvalue weighted by Gasteiger charge is 2.40. The van der Waals surface area contributed by atoms with Crippen LogP contribution in [0.3, 0.4) is 0 Å². The minimum Gasteiger partial charge on any atom is -0.486 e. The summed E-state index contributed by atoms with van der Waals surface area (Å²) in [4.78, 5) is 23.8. The minimum atomic E-state index is -0.551. The fourth-order valence-corrected chi connectivity index (χ4v) is 4.66. The monoisotopic (exact) mass is 361 g/mol. The van der Waals surface area contributed by atoms with Crippen molar-refractivity contribution in [1.29, 1.82) is 0 Å². The van der Waals surface area contributed by atoms with Gasteiger partial charge >= 0.3 is 0 Å². The molecule has 0 radical (unpaired) electrons. The van der Waals surface area contributed by atoms with Crippen LogP contribution in [0.2, 0.25) is 0 Å². The summed E-state index contributed by atoms with van der Waals surface area (Å²) in [5, 5.41) is 14.5. The highest BCUT2D eigenvalue weighted by molar-refractivity contribution is 5.99. The first-order valence-electron chi connectivity index (χ1n) is 9.17. The summed E-state index contributed by atoms with van der Waals surface area (Å²) in [6, 6.07) is 2.92. The van der Waals surface area contributed by atoms with Crippen LogP contribution in [0.4, 0.5) is 5.69 Å². The molecule has 3 aliphatic rings. The second-order valence-corrected chi connectivity index (χ2v) is 7.45. The number of hydrogen-bond acceptors (Lipinski definition) is 6. The van der Waals surface area contributed by atoms with Gasteiger partial charge in [-0.2, -0.15) is 0 Å². The fraction of sp³-hybridized carbons (Fsp3) is 0.611. The Bertz CT molecular complexity index is 724. The number of rotatable bonds is 3. The van der Waals surface area contributed by atoms with E-state index in [1.807, 2.05) is 0 Å². The van der Waals surface area contributed by atoms with E-state index in [0.717, 1.165) is 32.1 Å². The van der Waals surface area contributed by atoms with E-state index in [4.69, 9.17) is 15.2 Å². The number of fused-ring (bicyclic) bond motifs is 3. The number of amides is 1. The van der Waals surface area contributed by atoms with Gasteiger partial charge < -0.3 is 20.5 Å². The maximum Gasteiger partial charge on any atom is 0.286 e. The molecule has 1 aromatic rings. The van der Waals surface area contributed by atoms with Gasteiger partial charge in [0.2, 0.25) is 0 Å². The molecule has 1 aromatic carbocycles. The van der Waals surface area contributed by atoms with Crippen LogP contribution in [-0.4, -0.2) is 36.1 Å². The third-order valence-electron chi connectivity index (χ3n) is 5.78. The third-order valence-corrected chi connectivity index (χ3v) is 5.78. The van der Waals surface area contributed by atoms with Crippen molar-refractivity contribution in [2.45, 2.75) is 44.2 Å². The zero-order chi connectivity index (χ0) is 18.3. The molecule has 2 bridgehead atoms. The normalized spacial score (nSPS) is 29.7. The number of nitrogens with one attached hydrogen (secondary N) is 1. The van der Waals surface area contributed by atoms with Crippen LogP contribution >= 0.6 is 0 Å². The van der Waals surface area contributed by atoms with Crippen molar-refractivity contribution in [2.75, 3.05) is 13.2 Å². The lowest BCUT2D eigenvalue weighted by Crippen LogP contribution is -2.53. The van der Waals surface area contributed by atoms with Crippen molar-refractivity contribution in [2.24, 2.45) is 17.6 Å². The summed E-state index contributed by atoms with van der Waals surface area (Å²) in [6.07, 6.45) is 5.02. The molecule has 3 N–H and O–H groups in total. The minimum absolute atomic E-state index is 0.0206. The number of nitrogens with zero attached hydrogens (tertiary/aromatic N) is 1. The second-order valence-electron chi connectivity index (χ2n) is 7.45. The van der Waals surface area contributed by atoms with Crippen molar-refractivity contribution in [3.63, 3.8) is 0 Å². The second kappa shape index (κ2) is 6.75. The summed E-state index contributed by atoms with van der Waals surface area (Å²) in [6.45, 7) is 0.692. The van der Waals surface area contributed by atoms with E-state index < -0.39 is 10.8 Å². The van der Waals surface area contributed by atoms with E-state index in [-0.39, 0.29) is 23.3 Å². The largest absolute Gasteiger partial charge is 0.486 e. The summed E-state index contributed by atoms with van der Waals surface area (Å²) < 4.78 is 10.9. The Morgan fingerprint density at radius 1 is 1.15 bits per heavy atom. The van der Waals surface area contributed by atoms with E-state index in [2.05, 4.69) is 5.32 Å². The van der Waals surface area contributed by atoms with Crippen molar-refractivity contribution < 1.29 is 19.2 Å². The summed E-state index contributed by atoms with van der Waals surface area (Å²) in [5.74, 6) is 0.944. The zero-order valence-corrected chi connectivity index (χ0v) is 14.5. The van der Waals surface area contributed by atoms with Gasteiger partial charge in [0, 0.05) is 18.2 Å². The van der Waals surface area contributed by atoms with Gasteiger partial charge in [0.15, 0.2) is 11.5 Å². The van der Waals surface area contributed by atoms with Crippen LogP contribution in [0.5, 0.6) is 11.5 Å². The van der Waals surface area contributed by atoms with Crippen molar-refractivity contribution in [3.8, 4) is 11.5 Å². The molecule has 140 valence electrons. The molecular weight excluding hydrogens is 338 g/mol. The average molecular weight is 361 g/mol. The lowest BCUT2D eigenvalue weighted by atomic mass is 9.67. The standard InChI is InChI=1S/C18H23N3O5/c19-12-6-10-2-1-3-11(7-12)17(10)20-18(22)13-8-15-16(26-5-4-25-15)9-14(13)21(23)24/h8-12,17H,1-7,19H2,(H,20,22). The summed E-state index contributed by atoms with van der Waals surface area (Å²) in [5.41, 5.74) is 5.90. The molecule has 8 heteroatoms. The SMILES string of the molecule is NC1CC2CCCC(C1)C2NC(=O)c1cc2c(cc1[N+](=O)[O-])OCCO2. The smallest absolute Gasteiger partial charge is 0.286 e. The molecule has 8 nitrogen and oxygen atoms in total. The van der Waals surface area contributed by atoms with E-state index in [9.17, 15) is 14.9 Å². The van der Waals surface area contributed by atoms with Crippen LogP contribution in [-0.2, 0) is 0 Å². The van der Waals surface area contributed by atoms with Crippen LogP contribution < -0.4 is 20.5 Å². The number of nitro groups is 1. The van der Waals surface area contributed by atoms with Crippen molar-refractivity contribution in [3.05, 3.63) is 27.8 Å². The molecule has 1 amide bonds. The predicted octanol–water partition coefficient (Wildman–Crippen LogP) is 2.00. The summed E-state index contributed by atoms with van der Waals surface area (Å²) >= 11 is 0. The Morgan fingerprint density at radius 2 is 1.77 bits per heavy atom. The van der Waals surface area contributed by atoms with Gasteiger partial charge in [-0.15, -0.1) is 0 Å². The quantitative estimate of drug-likeness (QED) is 0.628. The van der Waals surface area contributed by atoms with E-state index in [1.54, 1.807) is 0 Å². The van der Waals surface area contributed by atoms with E-state index in [1.165, 1.54) is 12.1 Å². The molecule has 26 heavy (non-hydrogen) atoms. The number of nitro benzene ring substituents is 1. The Balaban J connectivity index is 1.61. The average Bonchev–Trinajstić information content (AvgIpc) is 2.61. The summed E-state index contributed by atoms with van der Waals surface area (Å²) in [7, 11) is 0. The maximum absolute atomic E-state index is 12.9. The Hall–Kier alpha value is -2.35. The van der Waals surface area contributed by atoms with Gasteiger partial charge in [0.1, 0.15) is 18.8 Å². The molecule has 0 spiro atoms. The Kier molecular flexibility index (Phi) is 4.44. The zero-order valence-electron chi connectivity index (χ0n) is 14.5. The van der Waals surface area contributed by atoms with Gasteiger partial charge in [-0.05, 0) is 37.5 Å². The molecule has 2 atom stereocenters. The lowest BCUT2D eigenvalue weighted by molar-refractivity contribution is -0.385. The van der Waals surface area contributed by atoms with Crippen LogP contribution in [0.15, 0.2) is 12.1 Å². The van der Waals surface area contributed by atoms with Crippen molar-refractivity contribution >= 4 is 11.6 Å². The molecule has 1 aliphatic heterocycles. The predicted molar refractivity (Wildman–Crippen MR) is 93.4 cm³/mol. The first-order chi connectivity index (χ1) is 12.5. The van der Waals surface area contributed by atoms with Crippen molar-refractivity contribution in [1.82, 2.24) is 5.32 Å². The Labute approximate surface area is 151 Å². The lowest BCUT2D eigenvalue weighted by Gasteiger charge is -2.45. The molecule has 2 aliphatic carbocycles. The first kappa shape index (κ1) is 17.1. The molecule has 2 fully saturated rings. The van der Waals surface area contributed by atoms with Gasteiger partial charge in [-0.1, -0.05) is 6.42 Å². The number of hydrogen-bond donors (Lipinski definition) is 2. The maximum atomic E-state index is 12.9. The number of benzene rings is 1. The van der Waals surface area contributed by atoms with E-state index in [0.29, 0.717) is 36.5 Å². The number of carbonyl (C=O) groups excluding carboxylic acids is 1. The number of nitrogens with two attached hydrogens (primary N) is 1. The molecule has 2 saturated carbocycles. The molecule has 1 heterocycles. The molecular formula is C18H23N3O5. The molecule has 0 saturated heterocycles. The molecule has 2 unspecified atom stereocenters. The van der Waals surface area contributed by atoms with Gasteiger partial charge in [0.05, 0.1) is 11.0 Å². The highest BCUT2D eigenvalue weighted by atomic mass is 16.6. The Morgan fingerprint density at radius 3 is 2.38 bits per heavy atom. The third kappa shape index (κ3) is 3.09. The van der Waals surface area contributed by atoms with Crippen LogP contribution in [0.1, 0.15) is 42.5 Å². The van der Waals surface area contributed by atoms with E-state index >= 15 is 0 Å². The van der Waals surface area contributed by atoms with Gasteiger partial charge in [0.25, 0.3) is 11.6 Å². The first-order valence-corrected chi connectivity index (χ1v) is 9.17. The van der Waals surface area contributed by atoms with Gasteiger partial charge in [-0.25, -0.2) is 0 Å². The van der Waals surface area contributed by atoms with Crippen LogP contribution in [0.25, 0.3) is 0 Å². The molecule has 4 rings (SSSR count). The number of ether oxygens (including phenoxy) is 2. The number of carbonyl (C=O) groups is 1.